The van der Waals surface area contributed by atoms with Crippen LogP contribution in [0.3, 0.4) is 0 Å². The summed E-state index contributed by atoms with van der Waals surface area (Å²) in [6.45, 7) is 4.03. The fourth-order valence-corrected chi connectivity index (χ4v) is 2.55. The van der Waals surface area contributed by atoms with Crippen molar-refractivity contribution in [1.29, 1.82) is 0 Å². The molecule has 0 saturated heterocycles. The number of nitrogens with one attached hydrogen (secondary N) is 1. The zero-order valence-corrected chi connectivity index (χ0v) is 12.7. The van der Waals surface area contributed by atoms with Crippen LogP contribution in [-0.4, -0.2) is 23.6 Å². The Morgan fingerprint density at radius 1 is 1.43 bits per heavy atom. The molecule has 110 valence electrons. The molecule has 6 heteroatoms. The second-order valence-electron chi connectivity index (χ2n) is 4.40. The Morgan fingerprint density at radius 2 is 2.19 bits per heavy atom. The number of hydrogen-bond donors (Lipinski definition) is 1. The SMILES string of the molecule is CCCOc1ccccc1/C=C1\SC(NC(C)=O)=NC1=O. The van der Waals surface area contributed by atoms with Crippen LogP contribution in [0, 0.1) is 0 Å². The van der Waals surface area contributed by atoms with Crippen molar-refractivity contribution in [3.05, 3.63) is 34.7 Å². The molecule has 0 spiro atoms. The first-order valence-electron chi connectivity index (χ1n) is 6.62. The summed E-state index contributed by atoms with van der Waals surface area (Å²) in [7, 11) is 0. The average Bonchev–Trinajstić information content (AvgIpc) is 2.77. The Bertz CT molecular complexity index is 623. The van der Waals surface area contributed by atoms with Gasteiger partial charge < -0.3 is 10.1 Å². The molecule has 0 radical (unpaired) electrons. The molecule has 0 aliphatic carbocycles. The standard InChI is InChI=1S/C15H16N2O3S/c1-3-8-20-12-7-5-4-6-11(12)9-13-14(19)17-15(21-13)16-10(2)18/h4-7,9H,3,8H2,1-2H3,(H,16,17,18,19)/b13-9-. The summed E-state index contributed by atoms with van der Waals surface area (Å²) >= 11 is 1.15. The maximum atomic E-state index is 11.8. The van der Waals surface area contributed by atoms with Crippen LogP contribution >= 0.6 is 11.8 Å². The van der Waals surface area contributed by atoms with Crippen molar-refractivity contribution in [2.24, 2.45) is 4.99 Å². The quantitative estimate of drug-likeness (QED) is 0.868. The molecule has 0 unspecified atom stereocenters. The molecule has 0 aromatic heterocycles. The Morgan fingerprint density at radius 3 is 2.90 bits per heavy atom. The number of rotatable bonds is 4. The van der Waals surface area contributed by atoms with Crippen molar-refractivity contribution in [2.45, 2.75) is 20.3 Å². The molecule has 0 saturated carbocycles. The molecule has 1 aromatic rings. The van der Waals surface area contributed by atoms with E-state index in [9.17, 15) is 9.59 Å². The topological polar surface area (TPSA) is 67.8 Å². The molecule has 1 aliphatic rings. The van der Waals surface area contributed by atoms with Gasteiger partial charge in [0.25, 0.3) is 5.91 Å². The first-order chi connectivity index (χ1) is 10.1. The Balaban J connectivity index is 2.18. The third kappa shape index (κ3) is 4.19. The van der Waals surface area contributed by atoms with Crippen LogP contribution in [0.25, 0.3) is 6.08 Å². The highest BCUT2D eigenvalue weighted by atomic mass is 32.2. The van der Waals surface area contributed by atoms with Gasteiger partial charge in [0.1, 0.15) is 5.75 Å². The maximum absolute atomic E-state index is 11.8. The van der Waals surface area contributed by atoms with Crippen LogP contribution in [-0.2, 0) is 9.59 Å². The van der Waals surface area contributed by atoms with E-state index >= 15 is 0 Å². The summed E-state index contributed by atoms with van der Waals surface area (Å²) in [4.78, 5) is 27.1. The van der Waals surface area contributed by atoms with Gasteiger partial charge in [-0.2, -0.15) is 4.99 Å². The Hall–Kier alpha value is -2.08. The maximum Gasteiger partial charge on any atom is 0.286 e. The normalized spacial score (nSPS) is 16.0. The molecule has 1 N–H and O–H groups in total. The molecule has 2 rings (SSSR count). The van der Waals surface area contributed by atoms with Crippen LogP contribution in [0.4, 0.5) is 0 Å². The molecule has 1 heterocycles. The van der Waals surface area contributed by atoms with E-state index in [1.807, 2.05) is 31.2 Å². The minimum Gasteiger partial charge on any atom is -0.493 e. The van der Waals surface area contributed by atoms with Gasteiger partial charge in [-0.1, -0.05) is 25.1 Å². The summed E-state index contributed by atoms with van der Waals surface area (Å²) < 4.78 is 5.65. The molecule has 2 amide bonds. The van der Waals surface area contributed by atoms with E-state index in [1.54, 1.807) is 6.08 Å². The largest absolute Gasteiger partial charge is 0.493 e. The van der Waals surface area contributed by atoms with Gasteiger partial charge in [0.05, 0.1) is 11.5 Å². The van der Waals surface area contributed by atoms with Crippen LogP contribution in [0.5, 0.6) is 5.75 Å². The second-order valence-corrected chi connectivity index (χ2v) is 5.43. The van der Waals surface area contributed by atoms with Crippen molar-refractivity contribution in [3.8, 4) is 5.75 Å². The molecular weight excluding hydrogens is 288 g/mol. The number of aliphatic imine (C=N–C) groups is 1. The number of nitrogens with zero attached hydrogens (tertiary/aromatic N) is 1. The molecule has 0 fully saturated rings. The first-order valence-corrected chi connectivity index (χ1v) is 7.43. The molecule has 0 bridgehead atoms. The predicted molar refractivity (Wildman–Crippen MR) is 84.1 cm³/mol. The summed E-state index contributed by atoms with van der Waals surface area (Å²) in [5, 5.41) is 2.83. The van der Waals surface area contributed by atoms with Crippen LogP contribution < -0.4 is 10.1 Å². The molecule has 5 nitrogen and oxygen atoms in total. The number of amidine groups is 1. The Labute approximate surface area is 127 Å². The lowest BCUT2D eigenvalue weighted by atomic mass is 10.2. The number of carbonyl (C=O) groups is 2. The fraction of sp³-hybridized carbons (Fsp3) is 0.267. The van der Waals surface area contributed by atoms with E-state index in [4.69, 9.17) is 4.74 Å². The average molecular weight is 304 g/mol. The first kappa shape index (κ1) is 15.3. The highest BCUT2D eigenvalue weighted by Gasteiger charge is 2.22. The van der Waals surface area contributed by atoms with Gasteiger partial charge in [-0.05, 0) is 30.3 Å². The monoisotopic (exact) mass is 304 g/mol. The zero-order valence-electron chi connectivity index (χ0n) is 11.9. The van der Waals surface area contributed by atoms with Gasteiger partial charge in [0.15, 0.2) is 5.17 Å². The van der Waals surface area contributed by atoms with Crippen molar-refractivity contribution < 1.29 is 14.3 Å². The summed E-state index contributed by atoms with van der Waals surface area (Å²) in [6.07, 6.45) is 2.64. The number of para-hydroxylation sites is 1. The number of amides is 2. The van der Waals surface area contributed by atoms with Gasteiger partial charge in [0.2, 0.25) is 5.91 Å². The minimum absolute atomic E-state index is 0.248. The highest BCUT2D eigenvalue weighted by Crippen LogP contribution is 2.30. The lowest BCUT2D eigenvalue weighted by Crippen LogP contribution is -2.23. The number of ether oxygens (including phenoxy) is 1. The lowest BCUT2D eigenvalue weighted by molar-refractivity contribution is -0.117. The molecule has 0 atom stereocenters. The van der Waals surface area contributed by atoms with Crippen molar-refractivity contribution in [3.63, 3.8) is 0 Å². The smallest absolute Gasteiger partial charge is 0.286 e. The van der Waals surface area contributed by atoms with E-state index in [0.29, 0.717) is 16.7 Å². The number of hydrogen-bond acceptors (Lipinski definition) is 4. The van der Waals surface area contributed by atoms with Crippen molar-refractivity contribution >= 4 is 34.8 Å². The van der Waals surface area contributed by atoms with E-state index < -0.39 is 0 Å². The van der Waals surface area contributed by atoms with Crippen molar-refractivity contribution in [1.82, 2.24) is 5.32 Å². The number of carbonyl (C=O) groups excluding carboxylic acids is 2. The molecule has 1 aromatic carbocycles. The van der Waals surface area contributed by atoms with Gasteiger partial charge in [-0.15, -0.1) is 0 Å². The predicted octanol–water partition coefficient (Wildman–Crippen LogP) is 2.58. The Kier molecular flexibility index (Phi) is 5.16. The summed E-state index contributed by atoms with van der Waals surface area (Å²) in [5.74, 6) is 0.129. The van der Waals surface area contributed by atoms with Crippen LogP contribution in [0.2, 0.25) is 0 Å². The van der Waals surface area contributed by atoms with E-state index in [-0.39, 0.29) is 11.8 Å². The number of thioether (sulfide) groups is 1. The number of benzene rings is 1. The highest BCUT2D eigenvalue weighted by molar-refractivity contribution is 8.18. The van der Waals surface area contributed by atoms with Gasteiger partial charge in [-0.25, -0.2) is 0 Å². The summed E-state index contributed by atoms with van der Waals surface area (Å²) in [6, 6.07) is 7.50. The molecule has 1 aliphatic heterocycles. The molecule has 21 heavy (non-hydrogen) atoms. The molecular formula is C15H16N2O3S. The van der Waals surface area contributed by atoms with E-state index in [0.717, 1.165) is 29.5 Å². The van der Waals surface area contributed by atoms with Crippen LogP contribution in [0.15, 0.2) is 34.2 Å². The van der Waals surface area contributed by atoms with Gasteiger partial charge in [-0.3, -0.25) is 9.59 Å². The lowest BCUT2D eigenvalue weighted by Gasteiger charge is -2.08. The van der Waals surface area contributed by atoms with Crippen molar-refractivity contribution in [2.75, 3.05) is 6.61 Å². The second kappa shape index (κ2) is 7.08. The summed E-state index contributed by atoms with van der Waals surface area (Å²) in [5.41, 5.74) is 0.820. The zero-order chi connectivity index (χ0) is 15.2. The third-order valence-electron chi connectivity index (χ3n) is 2.57. The van der Waals surface area contributed by atoms with Gasteiger partial charge >= 0.3 is 0 Å². The van der Waals surface area contributed by atoms with Gasteiger partial charge in [0, 0.05) is 12.5 Å². The van der Waals surface area contributed by atoms with E-state index in [1.165, 1.54) is 6.92 Å². The van der Waals surface area contributed by atoms with E-state index in [2.05, 4.69) is 10.3 Å². The fourth-order valence-electron chi connectivity index (χ4n) is 1.70. The minimum atomic E-state index is -0.353. The third-order valence-corrected chi connectivity index (χ3v) is 3.47. The van der Waals surface area contributed by atoms with Crippen LogP contribution in [0.1, 0.15) is 25.8 Å².